The SMILES string of the molecule is CC[Si](CC)(CC)OC[C@@H](C)[C@H]1CC[C@H]2[C@@H](O)CCC[C@]12C. The molecular weight excluding hydrogens is 288 g/mol. The molecular formula is C19H38O2Si. The molecule has 2 nitrogen and oxygen atoms in total. The summed E-state index contributed by atoms with van der Waals surface area (Å²) in [5.41, 5.74) is 0.356. The predicted octanol–water partition coefficient (Wildman–Crippen LogP) is 5.22. The maximum Gasteiger partial charge on any atom is 0.191 e. The van der Waals surface area contributed by atoms with Gasteiger partial charge in [0.05, 0.1) is 6.10 Å². The molecule has 3 heteroatoms. The van der Waals surface area contributed by atoms with Crippen molar-refractivity contribution in [3.63, 3.8) is 0 Å². The van der Waals surface area contributed by atoms with E-state index in [1.807, 2.05) is 0 Å². The van der Waals surface area contributed by atoms with Crippen molar-refractivity contribution in [2.75, 3.05) is 6.61 Å². The fourth-order valence-electron chi connectivity index (χ4n) is 5.60. The summed E-state index contributed by atoms with van der Waals surface area (Å²) in [5.74, 6) is 1.92. The van der Waals surface area contributed by atoms with Crippen LogP contribution in [0.1, 0.15) is 66.7 Å². The largest absolute Gasteiger partial charge is 0.417 e. The van der Waals surface area contributed by atoms with Gasteiger partial charge in [-0.15, -0.1) is 0 Å². The molecule has 2 rings (SSSR count). The summed E-state index contributed by atoms with van der Waals surface area (Å²) in [5, 5.41) is 10.4. The lowest BCUT2D eigenvalue weighted by atomic mass is 9.62. The van der Waals surface area contributed by atoms with E-state index in [9.17, 15) is 5.11 Å². The lowest BCUT2D eigenvalue weighted by molar-refractivity contribution is -0.0314. The first-order valence-corrected chi connectivity index (χ1v) is 12.3. The van der Waals surface area contributed by atoms with Crippen LogP contribution in [0.4, 0.5) is 0 Å². The molecule has 2 fully saturated rings. The van der Waals surface area contributed by atoms with E-state index in [1.54, 1.807) is 0 Å². The highest BCUT2D eigenvalue weighted by molar-refractivity contribution is 6.73. The zero-order valence-electron chi connectivity index (χ0n) is 15.5. The summed E-state index contributed by atoms with van der Waals surface area (Å²) in [7, 11) is -1.46. The first-order valence-electron chi connectivity index (χ1n) is 9.74. The van der Waals surface area contributed by atoms with Crippen LogP contribution in [0.25, 0.3) is 0 Å². The van der Waals surface area contributed by atoms with Gasteiger partial charge in [0.2, 0.25) is 0 Å². The molecule has 5 atom stereocenters. The third kappa shape index (κ3) is 3.32. The monoisotopic (exact) mass is 326 g/mol. The molecule has 2 saturated carbocycles. The lowest BCUT2D eigenvalue weighted by Gasteiger charge is -2.45. The fourth-order valence-corrected chi connectivity index (χ4v) is 8.33. The van der Waals surface area contributed by atoms with E-state index in [-0.39, 0.29) is 6.10 Å². The van der Waals surface area contributed by atoms with Gasteiger partial charge in [-0.25, -0.2) is 0 Å². The smallest absolute Gasteiger partial charge is 0.191 e. The highest BCUT2D eigenvalue weighted by atomic mass is 28.4. The van der Waals surface area contributed by atoms with E-state index >= 15 is 0 Å². The van der Waals surface area contributed by atoms with Crippen LogP contribution in [-0.4, -0.2) is 26.1 Å². The minimum atomic E-state index is -1.46. The standard InChI is InChI=1S/C19H38O2Si/c1-6-22(7-2,8-3)21-14-15(4)16-11-12-17-18(20)10-9-13-19(16,17)5/h15-18,20H,6-14H2,1-5H3/t15-,16-,17+,18+,19-/m1/s1. The number of rotatable bonds is 7. The Morgan fingerprint density at radius 1 is 1.14 bits per heavy atom. The highest BCUT2D eigenvalue weighted by Crippen LogP contribution is 2.57. The van der Waals surface area contributed by atoms with Crippen LogP contribution in [-0.2, 0) is 4.43 Å². The number of fused-ring (bicyclic) bond motifs is 1. The van der Waals surface area contributed by atoms with Crippen LogP contribution >= 0.6 is 0 Å². The van der Waals surface area contributed by atoms with Gasteiger partial charge >= 0.3 is 0 Å². The predicted molar refractivity (Wildman–Crippen MR) is 96.5 cm³/mol. The Balaban J connectivity index is 1.99. The molecule has 0 aromatic rings. The van der Waals surface area contributed by atoms with Crippen molar-refractivity contribution in [2.45, 2.75) is 91.0 Å². The zero-order chi connectivity index (χ0) is 16.4. The van der Waals surface area contributed by atoms with Crippen LogP contribution in [0.15, 0.2) is 0 Å². The molecule has 0 spiro atoms. The summed E-state index contributed by atoms with van der Waals surface area (Å²) in [4.78, 5) is 0. The normalized spacial score (nSPS) is 37.1. The molecule has 2 aliphatic rings. The van der Waals surface area contributed by atoms with Crippen molar-refractivity contribution >= 4 is 8.32 Å². The van der Waals surface area contributed by atoms with Gasteiger partial charge in [0, 0.05) is 6.61 Å². The molecule has 0 bridgehead atoms. The minimum Gasteiger partial charge on any atom is -0.417 e. The molecule has 0 heterocycles. The number of hydrogen-bond acceptors (Lipinski definition) is 2. The van der Waals surface area contributed by atoms with E-state index in [2.05, 4.69) is 34.6 Å². The average molecular weight is 327 g/mol. The first kappa shape index (κ1) is 18.5. The van der Waals surface area contributed by atoms with Crippen molar-refractivity contribution < 1.29 is 9.53 Å². The highest BCUT2D eigenvalue weighted by Gasteiger charge is 2.52. The molecule has 22 heavy (non-hydrogen) atoms. The van der Waals surface area contributed by atoms with Crippen LogP contribution in [0.5, 0.6) is 0 Å². The van der Waals surface area contributed by atoms with Gasteiger partial charge in [-0.1, -0.05) is 41.0 Å². The van der Waals surface area contributed by atoms with E-state index in [1.165, 1.54) is 43.8 Å². The van der Waals surface area contributed by atoms with Gasteiger partial charge in [0.25, 0.3) is 0 Å². The maximum atomic E-state index is 10.4. The second kappa shape index (κ2) is 7.35. The van der Waals surface area contributed by atoms with Gasteiger partial charge in [-0.05, 0) is 67.0 Å². The number of hydrogen-bond donors (Lipinski definition) is 1. The summed E-state index contributed by atoms with van der Waals surface area (Å²) in [6.45, 7) is 12.7. The Morgan fingerprint density at radius 3 is 2.36 bits per heavy atom. The minimum absolute atomic E-state index is 0.0488. The molecule has 0 amide bonds. The molecule has 0 saturated heterocycles. The lowest BCUT2D eigenvalue weighted by Crippen LogP contribution is -2.43. The Hall–Kier alpha value is 0.137. The van der Waals surface area contributed by atoms with E-state index in [0.29, 0.717) is 17.3 Å². The van der Waals surface area contributed by atoms with Crippen LogP contribution in [0.3, 0.4) is 0 Å². The average Bonchev–Trinajstić information content (AvgIpc) is 2.87. The molecule has 0 aromatic heterocycles. The molecule has 0 aromatic carbocycles. The molecule has 0 unspecified atom stereocenters. The Kier molecular flexibility index (Phi) is 6.18. The zero-order valence-corrected chi connectivity index (χ0v) is 16.5. The van der Waals surface area contributed by atoms with Crippen molar-refractivity contribution in [1.29, 1.82) is 0 Å². The summed E-state index contributed by atoms with van der Waals surface area (Å²) >= 11 is 0. The van der Waals surface area contributed by atoms with Gasteiger partial charge in [0.15, 0.2) is 8.32 Å². The third-order valence-electron chi connectivity index (χ3n) is 7.43. The van der Waals surface area contributed by atoms with Crippen molar-refractivity contribution in [2.24, 2.45) is 23.2 Å². The van der Waals surface area contributed by atoms with Crippen molar-refractivity contribution in [3.05, 3.63) is 0 Å². The number of aliphatic hydroxyl groups excluding tert-OH is 1. The van der Waals surface area contributed by atoms with Crippen LogP contribution in [0, 0.1) is 23.2 Å². The molecule has 1 N–H and O–H groups in total. The van der Waals surface area contributed by atoms with Gasteiger partial charge in [-0.3, -0.25) is 0 Å². The Bertz CT molecular complexity index is 347. The van der Waals surface area contributed by atoms with E-state index in [0.717, 1.165) is 18.9 Å². The van der Waals surface area contributed by atoms with Gasteiger partial charge in [0.1, 0.15) is 0 Å². The summed E-state index contributed by atoms with van der Waals surface area (Å²) in [6.07, 6.45) is 6.01. The molecule has 130 valence electrons. The fraction of sp³-hybridized carbons (Fsp3) is 1.00. The van der Waals surface area contributed by atoms with Crippen molar-refractivity contribution in [1.82, 2.24) is 0 Å². The van der Waals surface area contributed by atoms with E-state index < -0.39 is 8.32 Å². The van der Waals surface area contributed by atoms with Gasteiger partial charge < -0.3 is 9.53 Å². The Labute approximate surface area is 139 Å². The molecule has 0 aliphatic heterocycles. The van der Waals surface area contributed by atoms with Crippen LogP contribution < -0.4 is 0 Å². The molecule has 2 aliphatic carbocycles. The van der Waals surface area contributed by atoms with Gasteiger partial charge in [-0.2, -0.15) is 0 Å². The summed E-state index contributed by atoms with van der Waals surface area (Å²) in [6, 6.07) is 3.74. The Morgan fingerprint density at radius 2 is 1.77 bits per heavy atom. The second-order valence-electron chi connectivity index (χ2n) is 8.29. The van der Waals surface area contributed by atoms with Crippen LogP contribution in [0.2, 0.25) is 18.1 Å². The topological polar surface area (TPSA) is 29.5 Å². The third-order valence-corrected chi connectivity index (χ3v) is 12.1. The second-order valence-corrected chi connectivity index (χ2v) is 13.1. The number of aliphatic hydroxyl groups is 1. The van der Waals surface area contributed by atoms with Crippen molar-refractivity contribution in [3.8, 4) is 0 Å². The molecule has 0 radical (unpaired) electrons. The summed E-state index contributed by atoms with van der Waals surface area (Å²) < 4.78 is 6.58. The van der Waals surface area contributed by atoms with E-state index in [4.69, 9.17) is 4.43 Å². The quantitative estimate of drug-likeness (QED) is 0.650. The first-order chi connectivity index (χ1) is 10.4. The maximum absolute atomic E-state index is 10.4.